The number of carbonyl (C=O) groups is 2. The van der Waals surface area contributed by atoms with Gasteiger partial charge in [-0.25, -0.2) is 0 Å². The zero-order valence-corrected chi connectivity index (χ0v) is 29.6. The van der Waals surface area contributed by atoms with E-state index < -0.39 is 66.0 Å². The molecule has 4 aliphatic heterocycles. The largest absolute Gasteiger partial charge is 0.462 e. The van der Waals surface area contributed by atoms with Gasteiger partial charge < -0.3 is 39.0 Å². The van der Waals surface area contributed by atoms with Crippen molar-refractivity contribution in [2.45, 2.75) is 148 Å². The molecule has 0 amide bonds. The van der Waals surface area contributed by atoms with Gasteiger partial charge in [-0.15, -0.1) is 0 Å². The van der Waals surface area contributed by atoms with Crippen LogP contribution < -0.4 is 0 Å². The van der Waals surface area contributed by atoms with Crippen LogP contribution >= 0.6 is 0 Å². The summed E-state index contributed by atoms with van der Waals surface area (Å²) in [7, 11) is 0. The fourth-order valence-electron chi connectivity index (χ4n) is 7.98. The summed E-state index contributed by atoms with van der Waals surface area (Å²) in [6.07, 6.45) is 7.58. The Bertz CT molecular complexity index is 1320. The van der Waals surface area contributed by atoms with Crippen LogP contribution in [0.1, 0.15) is 93.4 Å². The van der Waals surface area contributed by atoms with E-state index in [-0.39, 0.29) is 36.8 Å². The van der Waals surface area contributed by atoms with E-state index in [2.05, 4.69) is 26.8 Å². The van der Waals surface area contributed by atoms with E-state index in [0.717, 1.165) is 24.8 Å². The molecule has 0 aromatic carbocycles. The smallest absolute Gasteiger partial charge is 0.316 e. The summed E-state index contributed by atoms with van der Waals surface area (Å²) in [4.78, 5) is 27.3. The minimum atomic E-state index is -1.81. The Morgan fingerprint density at radius 2 is 1.90 bits per heavy atom. The highest BCUT2D eigenvalue weighted by molar-refractivity contribution is 5.78. The van der Waals surface area contributed by atoms with Gasteiger partial charge in [-0.2, -0.15) is 0 Å². The van der Waals surface area contributed by atoms with Crippen LogP contribution in [0.5, 0.6) is 0 Å². The van der Waals surface area contributed by atoms with Crippen LogP contribution in [0.3, 0.4) is 0 Å². The predicted molar refractivity (Wildman–Crippen MR) is 178 cm³/mol. The lowest BCUT2D eigenvalue weighted by molar-refractivity contribution is -0.383. The van der Waals surface area contributed by atoms with Gasteiger partial charge in [-0.3, -0.25) is 9.59 Å². The van der Waals surface area contributed by atoms with Crippen molar-refractivity contribution in [3.8, 4) is 0 Å². The number of aliphatic hydroxyl groups excluding tert-OH is 2. The first-order valence-corrected chi connectivity index (χ1v) is 17.9. The number of rotatable bonds is 5. The van der Waals surface area contributed by atoms with Gasteiger partial charge in [0.2, 0.25) is 5.79 Å². The molecule has 0 saturated carbocycles. The highest BCUT2D eigenvalue weighted by Crippen LogP contribution is 2.47. The minimum Gasteiger partial charge on any atom is -0.462 e. The molecule has 1 aliphatic carbocycles. The van der Waals surface area contributed by atoms with Crippen LogP contribution in [0.25, 0.3) is 0 Å². The Morgan fingerprint density at radius 1 is 1.15 bits per heavy atom. The van der Waals surface area contributed by atoms with Crippen LogP contribution in [0.2, 0.25) is 0 Å². The molecule has 3 fully saturated rings. The minimum absolute atomic E-state index is 0.00840. The fourth-order valence-corrected chi connectivity index (χ4v) is 7.98. The summed E-state index contributed by atoms with van der Waals surface area (Å²) in [5.41, 5.74) is 0.354. The monoisotopic (exact) mass is 672 g/mol. The molecule has 5 rings (SSSR count). The van der Waals surface area contributed by atoms with Crippen LogP contribution in [0, 0.1) is 23.7 Å². The Hall–Kier alpha value is -2.34. The maximum Gasteiger partial charge on any atom is 0.316 e. The Labute approximate surface area is 285 Å². The molecule has 5 aliphatic rings. The fraction of sp³-hybridized carbons (Fsp3) is 0.737. The lowest BCUT2D eigenvalue weighted by atomic mass is 9.71. The van der Waals surface area contributed by atoms with Crippen LogP contribution in [-0.2, 0) is 33.3 Å². The molecule has 10 heteroatoms. The van der Waals surface area contributed by atoms with E-state index in [1.165, 1.54) is 0 Å². The van der Waals surface area contributed by atoms with Gasteiger partial charge in [0, 0.05) is 18.8 Å². The van der Waals surface area contributed by atoms with Gasteiger partial charge in [0.15, 0.2) is 0 Å². The summed E-state index contributed by atoms with van der Waals surface area (Å²) in [5, 5.41) is 35.1. The zero-order valence-electron chi connectivity index (χ0n) is 29.6. The van der Waals surface area contributed by atoms with Crippen molar-refractivity contribution in [2.24, 2.45) is 23.7 Å². The average molecular weight is 673 g/mol. The van der Waals surface area contributed by atoms with Crippen LogP contribution in [0.15, 0.2) is 47.1 Å². The molecule has 4 heterocycles. The number of esters is 2. The predicted octanol–water partition coefficient (Wildman–Crippen LogP) is 4.85. The summed E-state index contributed by atoms with van der Waals surface area (Å²) < 4.78 is 31.3. The van der Waals surface area contributed by atoms with Crippen molar-refractivity contribution < 1.29 is 48.6 Å². The first-order valence-electron chi connectivity index (χ1n) is 17.9. The van der Waals surface area contributed by atoms with Crippen molar-refractivity contribution in [3.05, 3.63) is 47.1 Å². The second kappa shape index (κ2) is 14.9. The third-order valence-electron chi connectivity index (χ3n) is 11.1. The second-order valence-corrected chi connectivity index (χ2v) is 15.1. The number of allylic oxidation sites excluding steroid dienone is 4. The number of hydrogen-bond donors (Lipinski definition) is 3. The Kier molecular flexibility index (Phi) is 11.4. The van der Waals surface area contributed by atoms with E-state index in [1.54, 1.807) is 19.1 Å². The van der Waals surface area contributed by atoms with Gasteiger partial charge in [0.05, 0.1) is 24.7 Å². The maximum absolute atomic E-state index is 14.1. The highest BCUT2D eigenvalue weighted by atomic mass is 16.7. The van der Waals surface area contributed by atoms with Crippen LogP contribution in [-0.4, -0.2) is 88.0 Å². The van der Waals surface area contributed by atoms with Crippen molar-refractivity contribution in [3.63, 3.8) is 0 Å². The highest BCUT2D eigenvalue weighted by Gasteiger charge is 2.61. The third kappa shape index (κ3) is 7.25. The van der Waals surface area contributed by atoms with Crippen molar-refractivity contribution in [1.29, 1.82) is 0 Å². The number of aliphatic hydroxyl groups is 3. The Balaban J connectivity index is 1.49. The van der Waals surface area contributed by atoms with Crippen molar-refractivity contribution >= 4 is 11.9 Å². The molecular weight excluding hydrogens is 616 g/mol. The average Bonchev–Trinajstić information content (AvgIpc) is 3.37. The van der Waals surface area contributed by atoms with E-state index >= 15 is 0 Å². The molecule has 0 unspecified atom stereocenters. The van der Waals surface area contributed by atoms with Gasteiger partial charge >= 0.3 is 11.9 Å². The van der Waals surface area contributed by atoms with E-state index in [9.17, 15) is 24.9 Å². The number of carbonyl (C=O) groups excluding carboxylic acids is 2. The molecule has 0 aromatic rings. The molecule has 13 atom stereocenters. The van der Waals surface area contributed by atoms with Crippen molar-refractivity contribution in [1.82, 2.24) is 0 Å². The van der Waals surface area contributed by atoms with Crippen molar-refractivity contribution in [2.75, 3.05) is 6.61 Å². The number of fused-ring (bicyclic) bond motifs is 2. The molecule has 1 spiro atoms. The Morgan fingerprint density at radius 3 is 2.62 bits per heavy atom. The van der Waals surface area contributed by atoms with E-state index in [4.69, 9.17) is 23.7 Å². The quantitative estimate of drug-likeness (QED) is 0.274. The summed E-state index contributed by atoms with van der Waals surface area (Å²) in [6, 6.07) is 0. The van der Waals surface area contributed by atoms with E-state index in [1.807, 2.05) is 32.9 Å². The second-order valence-electron chi connectivity index (χ2n) is 15.1. The lowest BCUT2D eigenvalue weighted by Gasteiger charge is -2.53. The number of hydrogen-bond acceptors (Lipinski definition) is 10. The molecular formula is C38H56O10. The molecule has 2 bridgehead atoms. The van der Waals surface area contributed by atoms with Crippen LogP contribution in [0.4, 0.5) is 0 Å². The normalized spacial score (nSPS) is 45.5. The third-order valence-corrected chi connectivity index (χ3v) is 11.1. The molecule has 0 aromatic heterocycles. The van der Waals surface area contributed by atoms with Gasteiger partial charge in [-0.1, -0.05) is 76.5 Å². The van der Waals surface area contributed by atoms with Gasteiger partial charge in [-0.05, 0) is 57.1 Å². The first kappa shape index (κ1) is 36.9. The summed E-state index contributed by atoms with van der Waals surface area (Å²) >= 11 is 0. The summed E-state index contributed by atoms with van der Waals surface area (Å²) in [5.74, 6) is -4.21. The van der Waals surface area contributed by atoms with Gasteiger partial charge in [0.1, 0.15) is 42.0 Å². The van der Waals surface area contributed by atoms with E-state index in [0.29, 0.717) is 30.4 Å². The number of ether oxygens (including phenoxy) is 5. The zero-order chi connectivity index (χ0) is 35.0. The molecule has 268 valence electrons. The standard InChI is InChI=1S/C38H56O10/c1-8-9-12-23(4)35(41)46-32-25(6)26(7)47-37(33(32)40)19-29-18-28(48-37)15-14-22(3)16-21(2)11-10-13-27-20-44-34-31(39)24(5)17-30(36(42)45-29)38(27,34)43/h10-11,13-14,17,21,23,25-26,28-34,39-40,43H,8-9,12,15-16,18-20H2,1-7H3/b11-10+,22-14+,27-13+/t21-,23+,25+,26+,28-,29-,30+,31-,32-,33-,34+,37+,38-/m0/s1. The maximum atomic E-state index is 14.1. The molecule has 3 saturated heterocycles. The molecule has 0 radical (unpaired) electrons. The molecule has 3 N–H and O–H groups in total. The molecule has 10 nitrogen and oxygen atoms in total. The SMILES string of the molecule is CCCC[C@@H](C)C(=O)O[C@H]1[C@H](C)[C@@H](C)O[C@@]2(C[C@@H]3C[C@H](C/C=C(\C)C[C@@H](C)/C=C/C=C4\CO[C@@H]5[C@@H](O)C(C)=C[C@H](C(=O)O3)[C@@]45O)O2)[C@H]1O. The number of unbranched alkanes of at least 4 members (excludes halogenated alkanes) is 1. The lowest BCUT2D eigenvalue weighted by Crippen LogP contribution is -2.67. The summed E-state index contributed by atoms with van der Waals surface area (Å²) in [6.45, 7) is 13.6. The first-order chi connectivity index (χ1) is 22.7. The van der Waals surface area contributed by atoms with Gasteiger partial charge in [0.25, 0.3) is 0 Å². The topological polar surface area (TPSA) is 141 Å². The molecule has 48 heavy (non-hydrogen) atoms.